The zero-order chi connectivity index (χ0) is 18.6. The summed E-state index contributed by atoms with van der Waals surface area (Å²) >= 11 is 0.940. The number of hydrogen-bond donors (Lipinski definition) is 1. The number of nitrogens with zero attached hydrogens (tertiary/aromatic N) is 3. The molecule has 0 bridgehead atoms. The molecule has 0 unspecified atom stereocenters. The van der Waals surface area contributed by atoms with Crippen LogP contribution in [0.15, 0.2) is 35.5 Å². The van der Waals surface area contributed by atoms with E-state index in [1.54, 1.807) is 6.92 Å². The van der Waals surface area contributed by atoms with E-state index in [1.807, 2.05) is 37.3 Å². The van der Waals surface area contributed by atoms with Gasteiger partial charge in [0.2, 0.25) is 11.7 Å². The first-order valence-corrected chi connectivity index (χ1v) is 8.54. The lowest BCUT2D eigenvalue weighted by molar-refractivity contribution is -0.147. The third kappa shape index (κ3) is 4.97. The molecule has 136 valence electrons. The number of amides is 1. The molecular formula is C16H19F3N4OS. The Hall–Kier alpha value is -2.03. The van der Waals surface area contributed by atoms with Crippen molar-refractivity contribution < 1.29 is 18.0 Å². The Morgan fingerprint density at radius 3 is 2.44 bits per heavy atom. The minimum absolute atomic E-state index is 0.0473. The first kappa shape index (κ1) is 19.3. The smallest absolute Gasteiger partial charge is 0.355 e. The first-order chi connectivity index (χ1) is 11.7. The molecule has 1 amide bonds. The molecule has 0 fully saturated rings. The van der Waals surface area contributed by atoms with Crippen molar-refractivity contribution in [2.24, 2.45) is 7.05 Å². The van der Waals surface area contributed by atoms with Crippen molar-refractivity contribution in [2.75, 3.05) is 6.54 Å². The lowest BCUT2D eigenvalue weighted by atomic mass is 10.0. The molecule has 0 radical (unpaired) electrons. The van der Waals surface area contributed by atoms with E-state index in [0.29, 0.717) is 6.54 Å². The molecule has 9 heteroatoms. The Morgan fingerprint density at radius 2 is 1.88 bits per heavy atom. The fourth-order valence-electron chi connectivity index (χ4n) is 2.17. The van der Waals surface area contributed by atoms with Crippen molar-refractivity contribution in [3.05, 3.63) is 41.7 Å². The number of carbonyl (C=O) groups excluding carboxylic acids is 1. The third-order valence-corrected chi connectivity index (χ3v) is 4.82. The molecule has 2 aromatic rings. The summed E-state index contributed by atoms with van der Waals surface area (Å²) in [4.78, 5) is 12.2. The monoisotopic (exact) mass is 372 g/mol. The summed E-state index contributed by atoms with van der Waals surface area (Å²) in [6.45, 7) is 4.06. The number of nitrogens with one attached hydrogen (secondary N) is 1. The molecule has 2 rings (SSSR count). The lowest BCUT2D eigenvalue weighted by Gasteiger charge is -2.16. The van der Waals surface area contributed by atoms with E-state index in [9.17, 15) is 18.0 Å². The van der Waals surface area contributed by atoms with Crippen molar-refractivity contribution in [2.45, 2.75) is 36.3 Å². The minimum Gasteiger partial charge on any atom is -0.355 e. The number of rotatable bonds is 6. The number of carbonyl (C=O) groups is 1. The summed E-state index contributed by atoms with van der Waals surface area (Å²) in [7, 11) is 1.23. The average molecular weight is 372 g/mol. The van der Waals surface area contributed by atoms with Crippen LogP contribution in [-0.2, 0) is 18.0 Å². The summed E-state index contributed by atoms with van der Waals surface area (Å²) < 4.78 is 39.0. The normalized spacial score (nSPS) is 14.2. The van der Waals surface area contributed by atoms with Gasteiger partial charge in [-0.1, -0.05) is 49.0 Å². The van der Waals surface area contributed by atoms with Gasteiger partial charge in [0.25, 0.3) is 0 Å². The van der Waals surface area contributed by atoms with Crippen molar-refractivity contribution in [1.29, 1.82) is 0 Å². The third-order valence-electron chi connectivity index (χ3n) is 3.69. The molecule has 0 saturated heterocycles. The summed E-state index contributed by atoms with van der Waals surface area (Å²) in [5, 5.41) is 8.95. The van der Waals surface area contributed by atoms with E-state index < -0.39 is 17.3 Å². The Bertz CT molecular complexity index is 718. The Morgan fingerprint density at radius 1 is 1.24 bits per heavy atom. The number of alkyl halides is 3. The van der Waals surface area contributed by atoms with Gasteiger partial charge in [-0.3, -0.25) is 4.79 Å². The predicted molar refractivity (Wildman–Crippen MR) is 89.2 cm³/mol. The van der Waals surface area contributed by atoms with Crippen molar-refractivity contribution in [3.8, 4) is 0 Å². The van der Waals surface area contributed by atoms with Gasteiger partial charge in [-0.2, -0.15) is 13.2 Å². The summed E-state index contributed by atoms with van der Waals surface area (Å²) in [6.07, 6.45) is -4.57. The Kier molecular flexibility index (Phi) is 6.10. The molecule has 5 nitrogen and oxygen atoms in total. The zero-order valence-electron chi connectivity index (χ0n) is 14.0. The van der Waals surface area contributed by atoms with Crippen LogP contribution in [-0.4, -0.2) is 32.5 Å². The molecular weight excluding hydrogens is 353 g/mol. The quantitative estimate of drug-likeness (QED) is 0.791. The number of thioether (sulfide) groups is 1. The van der Waals surface area contributed by atoms with Gasteiger partial charge in [0.1, 0.15) is 0 Å². The number of aromatic nitrogens is 3. The van der Waals surface area contributed by atoms with Crippen LogP contribution >= 0.6 is 11.8 Å². The second kappa shape index (κ2) is 7.90. The van der Waals surface area contributed by atoms with Gasteiger partial charge in [0.15, 0.2) is 5.16 Å². The van der Waals surface area contributed by atoms with Gasteiger partial charge in [-0.05, 0) is 18.4 Å². The van der Waals surface area contributed by atoms with E-state index in [1.165, 1.54) is 7.05 Å². The molecule has 1 aromatic heterocycles. The maximum absolute atomic E-state index is 12.7. The molecule has 2 atom stereocenters. The second-order valence-electron chi connectivity index (χ2n) is 5.68. The topological polar surface area (TPSA) is 59.8 Å². The van der Waals surface area contributed by atoms with E-state index in [0.717, 1.165) is 21.9 Å². The fourth-order valence-corrected chi connectivity index (χ4v) is 3.01. The highest BCUT2D eigenvalue weighted by Crippen LogP contribution is 2.30. The molecule has 0 spiro atoms. The van der Waals surface area contributed by atoms with E-state index in [4.69, 9.17) is 0 Å². The summed E-state index contributed by atoms with van der Waals surface area (Å²) in [5.74, 6) is -1.21. The van der Waals surface area contributed by atoms with Gasteiger partial charge >= 0.3 is 6.18 Å². The van der Waals surface area contributed by atoms with Crippen LogP contribution in [0, 0.1) is 0 Å². The number of hydrogen-bond acceptors (Lipinski definition) is 4. The van der Waals surface area contributed by atoms with Crippen LogP contribution in [0.1, 0.15) is 31.2 Å². The Labute approximate surface area is 148 Å². The number of benzene rings is 1. The van der Waals surface area contributed by atoms with Crippen LogP contribution in [0.4, 0.5) is 13.2 Å². The van der Waals surface area contributed by atoms with Crippen molar-refractivity contribution >= 4 is 17.7 Å². The Balaban J connectivity index is 1.92. The SMILES string of the molecule is C[C@@H](Sc1nnc(C(F)(F)F)n1C)C(=O)NC[C@H](C)c1ccccc1. The van der Waals surface area contributed by atoms with Crippen LogP contribution in [0.5, 0.6) is 0 Å². The minimum atomic E-state index is -4.57. The molecule has 0 aliphatic heterocycles. The van der Waals surface area contributed by atoms with E-state index in [2.05, 4.69) is 15.5 Å². The van der Waals surface area contributed by atoms with Gasteiger partial charge < -0.3 is 9.88 Å². The highest BCUT2D eigenvalue weighted by Gasteiger charge is 2.37. The fraction of sp³-hybridized carbons (Fsp3) is 0.438. The number of halogens is 3. The maximum Gasteiger partial charge on any atom is 0.451 e. The summed E-state index contributed by atoms with van der Waals surface area (Å²) in [5.41, 5.74) is 1.10. The van der Waals surface area contributed by atoms with Crippen LogP contribution in [0.3, 0.4) is 0 Å². The van der Waals surface area contributed by atoms with Gasteiger partial charge in [-0.15, -0.1) is 10.2 Å². The first-order valence-electron chi connectivity index (χ1n) is 7.66. The predicted octanol–water partition coefficient (Wildman–Crippen LogP) is 3.23. The van der Waals surface area contributed by atoms with Gasteiger partial charge in [0.05, 0.1) is 5.25 Å². The molecule has 1 heterocycles. The van der Waals surface area contributed by atoms with E-state index >= 15 is 0 Å². The van der Waals surface area contributed by atoms with Gasteiger partial charge in [0, 0.05) is 13.6 Å². The average Bonchev–Trinajstić information content (AvgIpc) is 2.94. The molecule has 0 aliphatic rings. The van der Waals surface area contributed by atoms with Crippen molar-refractivity contribution in [1.82, 2.24) is 20.1 Å². The van der Waals surface area contributed by atoms with Crippen LogP contribution < -0.4 is 5.32 Å². The highest BCUT2D eigenvalue weighted by molar-refractivity contribution is 8.00. The molecule has 0 aliphatic carbocycles. The molecule has 25 heavy (non-hydrogen) atoms. The maximum atomic E-state index is 12.7. The van der Waals surface area contributed by atoms with Crippen molar-refractivity contribution in [3.63, 3.8) is 0 Å². The highest BCUT2D eigenvalue weighted by atomic mass is 32.2. The van der Waals surface area contributed by atoms with Crippen LogP contribution in [0.2, 0.25) is 0 Å². The van der Waals surface area contributed by atoms with Crippen LogP contribution in [0.25, 0.3) is 0 Å². The van der Waals surface area contributed by atoms with Gasteiger partial charge in [-0.25, -0.2) is 0 Å². The second-order valence-corrected chi connectivity index (χ2v) is 6.99. The van der Waals surface area contributed by atoms with E-state index in [-0.39, 0.29) is 17.0 Å². The molecule has 0 saturated carbocycles. The standard InChI is InChI=1S/C16H19F3N4OS/c1-10(12-7-5-4-6-8-12)9-20-13(24)11(2)25-15-22-21-14(23(15)3)16(17,18)19/h4-8,10-11H,9H2,1-3H3,(H,20,24)/t10-,11+/m0/s1. The largest absolute Gasteiger partial charge is 0.451 e. The summed E-state index contributed by atoms with van der Waals surface area (Å²) in [6, 6.07) is 9.74. The zero-order valence-corrected chi connectivity index (χ0v) is 14.9. The molecule has 1 aromatic carbocycles. The lowest BCUT2D eigenvalue weighted by Crippen LogP contribution is -2.33. The molecule has 1 N–H and O–H groups in total.